The standard InChI is InChI=1S/C13H13N5O2S2/c1-7-3-2-4-8-11(7)16-10(20-8)5-15-9(19)6-21-13-18-17-12(14)22-13/h2-4H,5-6H2,1H3,(H2,14,17)(H,15,19). The van der Waals surface area contributed by atoms with Crippen molar-refractivity contribution in [3.63, 3.8) is 0 Å². The number of fused-ring (bicyclic) bond motifs is 1. The van der Waals surface area contributed by atoms with Crippen molar-refractivity contribution in [2.24, 2.45) is 0 Å². The van der Waals surface area contributed by atoms with E-state index in [2.05, 4.69) is 20.5 Å². The largest absolute Gasteiger partial charge is 0.439 e. The van der Waals surface area contributed by atoms with Gasteiger partial charge in [-0.1, -0.05) is 35.2 Å². The molecule has 0 aliphatic heterocycles. The second kappa shape index (κ2) is 6.32. The monoisotopic (exact) mass is 335 g/mol. The number of aryl methyl sites for hydroxylation is 1. The molecule has 22 heavy (non-hydrogen) atoms. The van der Waals surface area contributed by atoms with E-state index in [0.717, 1.165) is 16.7 Å². The van der Waals surface area contributed by atoms with Gasteiger partial charge in [-0.05, 0) is 18.6 Å². The Morgan fingerprint density at radius 1 is 1.45 bits per heavy atom. The highest BCUT2D eigenvalue weighted by Crippen LogP contribution is 2.23. The van der Waals surface area contributed by atoms with Crippen molar-refractivity contribution in [2.45, 2.75) is 17.8 Å². The number of rotatable bonds is 5. The Bertz CT molecular complexity index is 814. The van der Waals surface area contributed by atoms with Crippen LogP contribution in [0.5, 0.6) is 0 Å². The summed E-state index contributed by atoms with van der Waals surface area (Å²) in [6.07, 6.45) is 0. The van der Waals surface area contributed by atoms with Crippen molar-refractivity contribution in [3.05, 3.63) is 29.7 Å². The molecule has 0 saturated carbocycles. The summed E-state index contributed by atoms with van der Waals surface area (Å²) in [5.41, 5.74) is 8.07. The lowest BCUT2D eigenvalue weighted by molar-refractivity contribution is -0.118. The highest BCUT2D eigenvalue weighted by atomic mass is 32.2. The molecule has 3 N–H and O–H groups in total. The number of oxazole rings is 1. The van der Waals surface area contributed by atoms with Crippen molar-refractivity contribution in [1.29, 1.82) is 0 Å². The maximum atomic E-state index is 11.8. The molecule has 0 saturated heterocycles. The van der Waals surface area contributed by atoms with E-state index >= 15 is 0 Å². The number of aromatic nitrogens is 3. The number of nitrogens with zero attached hydrogens (tertiary/aromatic N) is 3. The third kappa shape index (κ3) is 3.37. The minimum atomic E-state index is -0.127. The molecular formula is C13H13N5O2S2. The molecule has 0 atom stereocenters. The van der Waals surface area contributed by atoms with E-state index in [-0.39, 0.29) is 18.2 Å². The Kier molecular flexibility index (Phi) is 4.25. The average molecular weight is 335 g/mol. The van der Waals surface area contributed by atoms with E-state index in [1.807, 2.05) is 25.1 Å². The van der Waals surface area contributed by atoms with Crippen molar-refractivity contribution >= 4 is 45.2 Å². The van der Waals surface area contributed by atoms with Crippen LogP contribution in [0.2, 0.25) is 0 Å². The van der Waals surface area contributed by atoms with Crippen LogP contribution in [0.3, 0.4) is 0 Å². The normalized spacial score (nSPS) is 11.0. The second-order valence-electron chi connectivity index (χ2n) is 4.50. The van der Waals surface area contributed by atoms with Gasteiger partial charge in [0.1, 0.15) is 5.52 Å². The van der Waals surface area contributed by atoms with E-state index in [9.17, 15) is 4.79 Å². The first-order valence-corrected chi connectivity index (χ1v) is 8.25. The number of nitrogens with two attached hydrogens (primary N) is 1. The molecule has 1 aromatic carbocycles. The topological polar surface area (TPSA) is 107 Å². The van der Waals surface area contributed by atoms with Crippen LogP contribution in [0.15, 0.2) is 27.0 Å². The van der Waals surface area contributed by atoms with Gasteiger partial charge in [-0.15, -0.1) is 10.2 Å². The molecule has 0 spiro atoms. The van der Waals surface area contributed by atoms with Crippen molar-refractivity contribution in [2.75, 3.05) is 11.5 Å². The fraction of sp³-hybridized carbons (Fsp3) is 0.231. The molecule has 2 heterocycles. The van der Waals surface area contributed by atoms with Gasteiger partial charge in [0.05, 0.1) is 12.3 Å². The number of para-hydroxylation sites is 1. The molecule has 3 aromatic rings. The maximum Gasteiger partial charge on any atom is 0.230 e. The summed E-state index contributed by atoms with van der Waals surface area (Å²) in [6.45, 7) is 2.23. The number of anilines is 1. The Morgan fingerprint density at radius 3 is 3.05 bits per heavy atom. The number of hydrogen-bond donors (Lipinski definition) is 2. The third-order valence-corrected chi connectivity index (χ3v) is 4.74. The number of hydrogen-bond acceptors (Lipinski definition) is 8. The van der Waals surface area contributed by atoms with Gasteiger partial charge in [0.15, 0.2) is 9.92 Å². The van der Waals surface area contributed by atoms with E-state index < -0.39 is 0 Å². The molecule has 0 aliphatic rings. The van der Waals surface area contributed by atoms with E-state index in [1.165, 1.54) is 23.1 Å². The molecule has 1 amide bonds. The van der Waals surface area contributed by atoms with Gasteiger partial charge in [0.25, 0.3) is 0 Å². The van der Waals surface area contributed by atoms with Gasteiger partial charge in [-0.2, -0.15) is 0 Å². The van der Waals surface area contributed by atoms with Gasteiger partial charge in [0.2, 0.25) is 16.9 Å². The van der Waals surface area contributed by atoms with Crippen LogP contribution in [0.1, 0.15) is 11.5 Å². The fourth-order valence-electron chi connectivity index (χ4n) is 1.84. The van der Waals surface area contributed by atoms with Crippen LogP contribution >= 0.6 is 23.1 Å². The van der Waals surface area contributed by atoms with Crippen LogP contribution in [-0.2, 0) is 11.3 Å². The molecule has 3 rings (SSSR count). The summed E-state index contributed by atoms with van der Waals surface area (Å²) in [6, 6.07) is 5.74. The zero-order valence-corrected chi connectivity index (χ0v) is 13.3. The van der Waals surface area contributed by atoms with E-state index in [4.69, 9.17) is 10.2 Å². The Hall–Kier alpha value is -2.13. The molecule has 0 radical (unpaired) electrons. The lowest BCUT2D eigenvalue weighted by Gasteiger charge is -2.00. The Labute approximate surface area is 134 Å². The number of thioether (sulfide) groups is 1. The predicted molar refractivity (Wildman–Crippen MR) is 85.6 cm³/mol. The smallest absolute Gasteiger partial charge is 0.230 e. The molecular weight excluding hydrogens is 322 g/mol. The number of carbonyl (C=O) groups excluding carboxylic acids is 1. The molecule has 114 valence electrons. The minimum Gasteiger partial charge on any atom is -0.439 e. The zero-order valence-electron chi connectivity index (χ0n) is 11.7. The number of nitrogens with one attached hydrogen (secondary N) is 1. The van der Waals surface area contributed by atoms with Crippen molar-refractivity contribution in [3.8, 4) is 0 Å². The summed E-state index contributed by atoms with van der Waals surface area (Å²) < 4.78 is 6.27. The summed E-state index contributed by atoms with van der Waals surface area (Å²) in [7, 11) is 0. The summed E-state index contributed by atoms with van der Waals surface area (Å²) >= 11 is 2.55. The number of benzene rings is 1. The van der Waals surface area contributed by atoms with Crippen LogP contribution < -0.4 is 11.1 Å². The van der Waals surface area contributed by atoms with E-state index in [0.29, 0.717) is 15.4 Å². The van der Waals surface area contributed by atoms with Crippen LogP contribution in [0, 0.1) is 6.92 Å². The molecule has 2 aromatic heterocycles. The minimum absolute atomic E-state index is 0.127. The van der Waals surface area contributed by atoms with Crippen LogP contribution in [0.25, 0.3) is 11.1 Å². The first-order valence-electron chi connectivity index (χ1n) is 6.45. The summed E-state index contributed by atoms with van der Waals surface area (Å²) in [5, 5.41) is 10.7. The molecule has 0 aliphatic carbocycles. The average Bonchev–Trinajstić information content (AvgIpc) is 3.10. The Morgan fingerprint density at radius 2 is 2.32 bits per heavy atom. The number of amides is 1. The molecule has 9 heteroatoms. The van der Waals surface area contributed by atoms with Gasteiger partial charge < -0.3 is 15.5 Å². The SMILES string of the molecule is Cc1cccc2oc(CNC(=O)CSc3nnc(N)s3)nc12. The van der Waals surface area contributed by atoms with Gasteiger partial charge in [-0.25, -0.2) is 4.98 Å². The first-order chi connectivity index (χ1) is 10.6. The number of nitrogen functional groups attached to an aromatic ring is 1. The molecule has 0 fully saturated rings. The van der Waals surface area contributed by atoms with Crippen molar-refractivity contribution in [1.82, 2.24) is 20.5 Å². The van der Waals surface area contributed by atoms with Crippen LogP contribution in [-0.4, -0.2) is 26.8 Å². The molecule has 0 unspecified atom stereocenters. The predicted octanol–water partition coefficient (Wildman–Crippen LogP) is 1.98. The molecule has 7 nitrogen and oxygen atoms in total. The maximum absolute atomic E-state index is 11.8. The van der Waals surface area contributed by atoms with Gasteiger partial charge in [-0.3, -0.25) is 4.79 Å². The number of carbonyl (C=O) groups is 1. The highest BCUT2D eigenvalue weighted by Gasteiger charge is 2.10. The Balaban J connectivity index is 1.54. The fourth-order valence-corrected chi connectivity index (χ4v) is 3.30. The van der Waals surface area contributed by atoms with Crippen LogP contribution in [0.4, 0.5) is 5.13 Å². The van der Waals surface area contributed by atoms with Gasteiger partial charge >= 0.3 is 0 Å². The quantitative estimate of drug-likeness (QED) is 0.686. The summed E-state index contributed by atoms with van der Waals surface area (Å²) in [5.74, 6) is 0.606. The first kappa shape index (κ1) is 14.8. The van der Waals surface area contributed by atoms with Gasteiger partial charge in [0, 0.05) is 0 Å². The van der Waals surface area contributed by atoms with E-state index in [1.54, 1.807) is 0 Å². The summed E-state index contributed by atoms with van der Waals surface area (Å²) in [4.78, 5) is 16.2. The molecule has 0 bridgehead atoms. The third-order valence-electron chi connectivity index (χ3n) is 2.85. The second-order valence-corrected chi connectivity index (χ2v) is 6.73. The highest BCUT2D eigenvalue weighted by molar-refractivity contribution is 8.01. The lowest BCUT2D eigenvalue weighted by atomic mass is 10.2. The lowest BCUT2D eigenvalue weighted by Crippen LogP contribution is -2.24. The van der Waals surface area contributed by atoms with Crippen molar-refractivity contribution < 1.29 is 9.21 Å². The zero-order chi connectivity index (χ0) is 15.5.